The highest BCUT2D eigenvalue weighted by Crippen LogP contribution is 2.53. The highest BCUT2D eigenvalue weighted by atomic mass is 19.4. The molecular formula is C12H12F6O5. The molecule has 3 aliphatic rings. The predicted molar refractivity (Wildman–Crippen MR) is 58.0 cm³/mol. The molecule has 1 aliphatic carbocycles. The summed E-state index contributed by atoms with van der Waals surface area (Å²) in [5.41, 5.74) is 0. The predicted octanol–water partition coefficient (Wildman–Crippen LogP) is 1.94. The van der Waals surface area contributed by atoms with E-state index in [1.807, 2.05) is 0 Å². The van der Waals surface area contributed by atoms with Gasteiger partial charge in [0.05, 0.1) is 32.7 Å². The number of ether oxygens (including phenoxy) is 4. The summed E-state index contributed by atoms with van der Waals surface area (Å²) in [5.74, 6) is -8.73. The Labute approximate surface area is 125 Å². The van der Waals surface area contributed by atoms with Crippen LogP contribution in [0.25, 0.3) is 0 Å². The summed E-state index contributed by atoms with van der Waals surface area (Å²) >= 11 is 0. The van der Waals surface area contributed by atoms with Gasteiger partial charge in [-0.3, -0.25) is 4.79 Å². The first-order chi connectivity index (χ1) is 10.5. The fourth-order valence-corrected chi connectivity index (χ4v) is 3.22. The number of rotatable bonds is 0. The van der Waals surface area contributed by atoms with Gasteiger partial charge in [0.25, 0.3) is 0 Å². The van der Waals surface area contributed by atoms with Crippen LogP contribution in [-0.4, -0.2) is 55.6 Å². The summed E-state index contributed by atoms with van der Waals surface area (Å²) in [5, 5.41) is 0. The van der Waals surface area contributed by atoms with Crippen LogP contribution in [0.1, 0.15) is 12.8 Å². The largest absolute Gasteiger partial charge is 0.417 e. The van der Waals surface area contributed by atoms with Gasteiger partial charge < -0.3 is 18.9 Å². The summed E-state index contributed by atoms with van der Waals surface area (Å²) in [6.45, 7) is -1.09. The molecule has 0 amide bonds. The number of Topliss-reactive ketones (excluding diaryl/α,β-unsaturated/α-hetero) is 1. The Morgan fingerprint density at radius 2 is 1.57 bits per heavy atom. The van der Waals surface area contributed by atoms with Gasteiger partial charge in [-0.05, 0) is 0 Å². The van der Waals surface area contributed by atoms with Crippen molar-refractivity contribution in [1.82, 2.24) is 0 Å². The number of alkyl halides is 6. The van der Waals surface area contributed by atoms with Crippen LogP contribution in [-0.2, 0) is 23.7 Å². The van der Waals surface area contributed by atoms with Gasteiger partial charge >= 0.3 is 12.4 Å². The SMILES string of the molecule is O=C1CC2(CC3(OCC(C(F)(F)F)O3)C1C(F)(F)F)OCCO2. The van der Waals surface area contributed by atoms with Crippen LogP contribution < -0.4 is 0 Å². The Hall–Kier alpha value is -0.910. The lowest BCUT2D eigenvalue weighted by atomic mass is 9.78. The Morgan fingerprint density at radius 3 is 2.04 bits per heavy atom. The molecule has 0 bridgehead atoms. The molecule has 0 aromatic rings. The summed E-state index contributed by atoms with van der Waals surface area (Å²) in [7, 11) is 0. The Morgan fingerprint density at radius 1 is 0.957 bits per heavy atom. The molecule has 3 unspecified atom stereocenters. The van der Waals surface area contributed by atoms with E-state index < -0.39 is 61.2 Å². The fraction of sp³-hybridized carbons (Fsp3) is 0.917. The maximum absolute atomic E-state index is 13.2. The average Bonchev–Trinajstić information content (AvgIpc) is 2.94. The van der Waals surface area contributed by atoms with Crippen molar-refractivity contribution in [3.8, 4) is 0 Å². The van der Waals surface area contributed by atoms with Gasteiger partial charge in [-0.25, -0.2) is 0 Å². The molecule has 0 N–H and O–H groups in total. The third kappa shape index (κ3) is 2.83. The van der Waals surface area contributed by atoms with E-state index in [0.717, 1.165) is 0 Å². The third-order valence-electron chi connectivity index (χ3n) is 4.05. The lowest BCUT2D eigenvalue weighted by Gasteiger charge is -2.45. The summed E-state index contributed by atoms with van der Waals surface area (Å²) < 4.78 is 97.7. The molecule has 2 heterocycles. The van der Waals surface area contributed by atoms with Crippen molar-refractivity contribution >= 4 is 5.78 Å². The van der Waals surface area contributed by atoms with Gasteiger partial charge in [0, 0.05) is 0 Å². The second-order valence-corrected chi connectivity index (χ2v) is 5.67. The van der Waals surface area contributed by atoms with Crippen LogP contribution in [0, 0.1) is 5.92 Å². The van der Waals surface area contributed by atoms with Crippen molar-refractivity contribution in [1.29, 1.82) is 0 Å². The lowest BCUT2D eigenvalue weighted by molar-refractivity contribution is -0.340. The molecule has 132 valence electrons. The van der Waals surface area contributed by atoms with E-state index in [2.05, 4.69) is 4.74 Å². The van der Waals surface area contributed by atoms with Crippen LogP contribution >= 0.6 is 0 Å². The quantitative estimate of drug-likeness (QED) is 0.625. The van der Waals surface area contributed by atoms with Crippen LogP contribution in [0.4, 0.5) is 26.3 Å². The van der Waals surface area contributed by atoms with E-state index in [-0.39, 0.29) is 13.2 Å². The van der Waals surface area contributed by atoms with E-state index in [0.29, 0.717) is 0 Å². The minimum absolute atomic E-state index is 0.0166. The van der Waals surface area contributed by atoms with Crippen molar-refractivity contribution in [2.75, 3.05) is 19.8 Å². The van der Waals surface area contributed by atoms with Crippen molar-refractivity contribution in [3.63, 3.8) is 0 Å². The number of carbonyl (C=O) groups is 1. The van der Waals surface area contributed by atoms with Gasteiger partial charge in [-0.2, -0.15) is 26.3 Å². The average molecular weight is 350 g/mol. The molecule has 1 saturated carbocycles. The molecule has 23 heavy (non-hydrogen) atoms. The summed E-state index contributed by atoms with van der Waals surface area (Å²) in [4.78, 5) is 12.0. The van der Waals surface area contributed by atoms with Crippen LogP contribution in [0.5, 0.6) is 0 Å². The van der Waals surface area contributed by atoms with Gasteiger partial charge in [0.1, 0.15) is 0 Å². The summed E-state index contributed by atoms with van der Waals surface area (Å²) in [6.07, 6.45) is -14.1. The third-order valence-corrected chi connectivity index (χ3v) is 4.05. The first kappa shape index (κ1) is 16.9. The normalized spacial score (nSPS) is 37.9. The minimum atomic E-state index is -5.11. The molecule has 3 fully saturated rings. The maximum Gasteiger partial charge on any atom is 0.417 e. The van der Waals surface area contributed by atoms with Crippen molar-refractivity contribution in [3.05, 3.63) is 0 Å². The zero-order valence-corrected chi connectivity index (χ0v) is 11.5. The van der Waals surface area contributed by atoms with Crippen LogP contribution in [0.3, 0.4) is 0 Å². The molecule has 3 atom stereocenters. The standard InChI is InChI=1S/C12H12F6O5/c13-11(14,15)7-4-22-10(23-7)5-9(20-1-2-21-9)3-6(19)8(10)12(16,17)18/h7-8H,1-5H2. The number of hydrogen-bond acceptors (Lipinski definition) is 5. The monoisotopic (exact) mass is 350 g/mol. The van der Waals surface area contributed by atoms with Crippen LogP contribution in [0.15, 0.2) is 0 Å². The van der Waals surface area contributed by atoms with E-state index in [4.69, 9.17) is 14.2 Å². The number of ketones is 1. The zero-order chi connectivity index (χ0) is 17.1. The molecule has 2 saturated heterocycles. The lowest BCUT2D eigenvalue weighted by Crippen LogP contribution is -2.61. The zero-order valence-electron chi connectivity index (χ0n) is 11.5. The number of carbonyl (C=O) groups excluding carboxylic acids is 1. The van der Waals surface area contributed by atoms with Gasteiger partial charge in [-0.1, -0.05) is 0 Å². The van der Waals surface area contributed by atoms with E-state index in [9.17, 15) is 31.1 Å². The molecule has 3 rings (SSSR count). The second kappa shape index (κ2) is 5.04. The Balaban J connectivity index is 1.96. The minimum Gasteiger partial charge on any atom is -0.347 e. The Bertz CT molecular complexity index is 497. The highest BCUT2D eigenvalue weighted by molar-refractivity contribution is 5.84. The first-order valence-corrected chi connectivity index (χ1v) is 6.73. The number of halogens is 6. The Kier molecular flexibility index (Phi) is 3.71. The van der Waals surface area contributed by atoms with Crippen molar-refractivity contribution < 1.29 is 50.1 Å². The molecule has 2 aliphatic heterocycles. The van der Waals surface area contributed by atoms with E-state index in [1.54, 1.807) is 0 Å². The number of hydrogen-bond donors (Lipinski definition) is 0. The van der Waals surface area contributed by atoms with E-state index >= 15 is 0 Å². The first-order valence-electron chi connectivity index (χ1n) is 6.73. The summed E-state index contributed by atoms with van der Waals surface area (Å²) in [6, 6.07) is 0. The van der Waals surface area contributed by atoms with E-state index in [1.165, 1.54) is 0 Å². The smallest absolute Gasteiger partial charge is 0.347 e. The maximum atomic E-state index is 13.2. The van der Waals surface area contributed by atoms with Crippen molar-refractivity contribution in [2.45, 2.75) is 42.9 Å². The molecule has 0 radical (unpaired) electrons. The molecule has 0 aromatic heterocycles. The van der Waals surface area contributed by atoms with Gasteiger partial charge in [0.2, 0.25) is 0 Å². The second-order valence-electron chi connectivity index (χ2n) is 5.67. The van der Waals surface area contributed by atoms with Crippen molar-refractivity contribution in [2.24, 2.45) is 5.92 Å². The van der Waals surface area contributed by atoms with Gasteiger partial charge in [0.15, 0.2) is 29.4 Å². The van der Waals surface area contributed by atoms with Gasteiger partial charge in [-0.15, -0.1) is 0 Å². The molecular weight excluding hydrogens is 338 g/mol. The fourth-order valence-electron chi connectivity index (χ4n) is 3.22. The molecule has 0 aromatic carbocycles. The highest BCUT2D eigenvalue weighted by Gasteiger charge is 2.71. The molecule has 2 spiro atoms. The molecule has 5 nitrogen and oxygen atoms in total. The van der Waals surface area contributed by atoms with Crippen LogP contribution in [0.2, 0.25) is 0 Å². The topological polar surface area (TPSA) is 54.0 Å². The molecule has 11 heteroatoms.